The van der Waals surface area contributed by atoms with Gasteiger partial charge in [0.25, 0.3) is 0 Å². The third-order valence-corrected chi connectivity index (χ3v) is 2.23. The Labute approximate surface area is 76.9 Å². The van der Waals surface area contributed by atoms with Crippen LogP contribution < -0.4 is 4.74 Å². The molecule has 0 radical (unpaired) electrons. The van der Waals surface area contributed by atoms with E-state index in [1.807, 2.05) is 18.2 Å². The maximum absolute atomic E-state index is 11.0. The highest BCUT2D eigenvalue weighted by molar-refractivity contribution is 5.79. The molecule has 1 aromatic rings. The molecule has 0 bridgehead atoms. The maximum Gasteiger partial charge on any atom is 0.182 e. The van der Waals surface area contributed by atoms with Crippen molar-refractivity contribution in [1.29, 1.82) is 0 Å². The molecule has 0 aromatic heterocycles. The van der Waals surface area contributed by atoms with Crippen molar-refractivity contribution in [2.24, 2.45) is 0 Å². The number of hydrogen-bond acceptors (Lipinski definition) is 2. The van der Waals surface area contributed by atoms with Crippen LogP contribution in [0.4, 0.5) is 0 Å². The van der Waals surface area contributed by atoms with E-state index in [9.17, 15) is 5.21 Å². The lowest BCUT2D eigenvalue weighted by atomic mass is 10.0. The van der Waals surface area contributed by atoms with Crippen LogP contribution in [0.25, 0.3) is 0 Å². The van der Waals surface area contributed by atoms with Crippen molar-refractivity contribution in [3.8, 4) is 5.75 Å². The average Bonchev–Trinajstić information content (AvgIpc) is 2.17. The molecule has 1 aromatic carbocycles. The minimum Gasteiger partial charge on any atom is -0.624 e. The molecule has 0 unspecified atom stereocenters. The first-order chi connectivity index (χ1) is 6.29. The fourth-order valence-corrected chi connectivity index (χ4v) is 1.50. The highest BCUT2D eigenvalue weighted by Crippen LogP contribution is 2.18. The van der Waals surface area contributed by atoms with Gasteiger partial charge in [0.2, 0.25) is 0 Å². The minimum absolute atomic E-state index is 0.542. The summed E-state index contributed by atoms with van der Waals surface area (Å²) in [5.74, 6) is 0.853. The predicted octanol–water partition coefficient (Wildman–Crippen LogP) is 1.18. The van der Waals surface area contributed by atoms with Crippen molar-refractivity contribution in [1.82, 2.24) is 0 Å². The lowest BCUT2D eigenvalue weighted by molar-refractivity contribution is -0.453. The molecule has 2 rings (SSSR count). The smallest absolute Gasteiger partial charge is 0.182 e. The maximum atomic E-state index is 11.0. The number of rotatable bonds is 1. The Balaban J connectivity index is 2.43. The highest BCUT2D eigenvalue weighted by atomic mass is 16.5. The third-order valence-electron chi connectivity index (χ3n) is 2.23. The second kappa shape index (κ2) is 3.09. The van der Waals surface area contributed by atoms with Crippen LogP contribution in [-0.2, 0) is 6.42 Å². The molecule has 13 heavy (non-hydrogen) atoms. The molecule has 0 amide bonds. The predicted molar refractivity (Wildman–Crippen MR) is 50.4 cm³/mol. The third kappa shape index (κ3) is 1.49. The van der Waals surface area contributed by atoms with Crippen molar-refractivity contribution < 1.29 is 9.48 Å². The van der Waals surface area contributed by atoms with Crippen LogP contribution in [0.5, 0.6) is 5.75 Å². The number of nitrogens with zero attached hydrogens (tertiary/aromatic N) is 1. The summed E-state index contributed by atoms with van der Waals surface area (Å²) in [6, 6.07) is 5.77. The number of benzene rings is 1. The Morgan fingerprint density at radius 2 is 2.31 bits per heavy atom. The summed E-state index contributed by atoms with van der Waals surface area (Å²) in [4.78, 5) is 0. The summed E-state index contributed by atoms with van der Waals surface area (Å²) in [7, 11) is 1.65. The van der Waals surface area contributed by atoms with Crippen molar-refractivity contribution >= 4 is 6.21 Å². The molecule has 3 nitrogen and oxygen atoms in total. The Bertz CT molecular complexity index is 358. The molecular formula is C10H11NO2. The second-order valence-corrected chi connectivity index (χ2v) is 3.08. The molecule has 0 saturated heterocycles. The molecule has 68 valence electrons. The summed E-state index contributed by atoms with van der Waals surface area (Å²) in [5.41, 5.74) is 2.19. The monoisotopic (exact) mass is 177 g/mol. The van der Waals surface area contributed by atoms with Gasteiger partial charge in [0.15, 0.2) is 12.8 Å². The zero-order valence-electron chi connectivity index (χ0n) is 7.49. The summed E-state index contributed by atoms with van der Waals surface area (Å²) >= 11 is 0. The molecular weight excluding hydrogens is 166 g/mol. The fraction of sp³-hybridized carbons (Fsp3) is 0.300. The largest absolute Gasteiger partial charge is 0.624 e. The van der Waals surface area contributed by atoms with E-state index in [1.54, 1.807) is 13.3 Å². The number of hydrogen-bond donors (Lipinski definition) is 0. The Morgan fingerprint density at radius 1 is 1.46 bits per heavy atom. The lowest BCUT2D eigenvalue weighted by Crippen LogP contribution is -2.17. The van der Waals surface area contributed by atoms with Crippen LogP contribution in [-0.4, -0.2) is 24.6 Å². The van der Waals surface area contributed by atoms with Crippen molar-refractivity contribution in [3.63, 3.8) is 0 Å². The molecule has 1 aliphatic rings. The van der Waals surface area contributed by atoms with Gasteiger partial charge in [-0.2, -0.15) is 0 Å². The van der Waals surface area contributed by atoms with E-state index in [0.29, 0.717) is 6.54 Å². The van der Waals surface area contributed by atoms with E-state index in [4.69, 9.17) is 4.74 Å². The van der Waals surface area contributed by atoms with E-state index < -0.39 is 0 Å². The number of ether oxygens (including phenoxy) is 1. The summed E-state index contributed by atoms with van der Waals surface area (Å²) in [6.45, 7) is 0.542. The van der Waals surface area contributed by atoms with Crippen LogP contribution >= 0.6 is 0 Å². The van der Waals surface area contributed by atoms with Gasteiger partial charge in [0, 0.05) is 12.0 Å². The first-order valence-electron chi connectivity index (χ1n) is 4.25. The van der Waals surface area contributed by atoms with Gasteiger partial charge in [0.1, 0.15) is 5.75 Å². The first kappa shape index (κ1) is 8.10. The Morgan fingerprint density at radius 3 is 3.08 bits per heavy atom. The van der Waals surface area contributed by atoms with Gasteiger partial charge >= 0.3 is 0 Å². The van der Waals surface area contributed by atoms with Gasteiger partial charge in [-0.1, -0.05) is 0 Å². The number of fused-ring (bicyclic) bond motifs is 1. The van der Waals surface area contributed by atoms with Gasteiger partial charge < -0.3 is 9.94 Å². The quantitative estimate of drug-likeness (QED) is 0.477. The molecule has 1 heterocycles. The minimum atomic E-state index is 0.542. The topological polar surface area (TPSA) is 35.3 Å². The normalized spacial score (nSPS) is 14.7. The SMILES string of the molecule is COc1ccc2c(c1)CC[N+]([O-])=C2. The molecule has 1 aliphatic heterocycles. The average molecular weight is 177 g/mol. The van der Waals surface area contributed by atoms with Crippen molar-refractivity contribution in [3.05, 3.63) is 34.5 Å². The van der Waals surface area contributed by atoms with Gasteiger partial charge in [-0.05, 0) is 23.8 Å². The molecule has 0 spiro atoms. The molecule has 3 heteroatoms. The standard InChI is InChI=1S/C10H11NO2/c1-13-10-3-2-9-7-11(12)5-4-8(9)6-10/h2-3,6-7H,4-5H2,1H3. The summed E-state index contributed by atoms with van der Waals surface area (Å²) in [6.07, 6.45) is 2.42. The molecule has 0 saturated carbocycles. The fourth-order valence-electron chi connectivity index (χ4n) is 1.50. The van der Waals surface area contributed by atoms with Crippen LogP contribution in [0.1, 0.15) is 11.1 Å². The highest BCUT2D eigenvalue weighted by Gasteiger charge is 2.11. The van der Waals surface area contributed by atoms with Gasteiger partial charge in [0.05, 0.1) is 7.11 Å². The van der Waals surface area contributed by atoms with Crippen LogP contribution in [0.3, 0.4) is 0 Å². The van der Waals surface area contributed by atoms with E-state index in [1.165, 1.54) is 5.56 Å². The molecule has 0 aliphatic carbocycles. The van der Waals surface area contributed by atoms with Crippen LogP contribution in [0.15, 0.2) is 18.2 Å². The lowest BCUT2D eigenvalue weighted by Gasteiger charge is -2.13. The number of hydroxylamine groups is 1. The molecule has 0 N–H and O–H groups in total. The van der Waals surface area contributed by atoms with Crippen LogP contribution in [0, 0.1) is 5.21 Å². The zero-order valence-corrected chi connectivity index (χ0v) is 7.49. The first-order valence-corrected chi connectivity index (χ1v) is 4.25. The van der Waals surface area contributed by atoms with Crippen LogP contribution in [0.2, 0.25) is 0 Å². The van der Waals surface area contributed by atoms with Gasteiger partial charge in [-0.15, -0.1) is 0 Å². The second-order valence-electron chi connectivity index (χ2n) is 3.08. The molecule has 0 atom stereocenters. The Kier molecular flexibility index (Phi) is 1.93. The summed E-state index contributed by atoms with van der Waals surface area (Å²) in [5, 5.41) is 11.0. The van der Waals surface area contributed by atoms with Gasteiger partial charge in [-0.3, -0.25) is 0 Å². The number of methoxy groups -OCH3 is 1. The van der Waals surface area contributed by atoms with Crippen molar-refractivity contribution in [2.75, 3.05) is 13.7 Å². The van der Waals surface area contributed by atoms with Crippen molar-refractivity contribution in [2.45, 2.75) is 6.42 Å². The Hall–Kier alpha value is -1.51. The van der Waals surface area contributed by atoms with E-state index in [0.717, 1.165) is 22.5 Å². The zero-order chi connectivity index (χ0) is 9.26. The van der Waals surface area contributed by atoms with E-state index in [-0.39, 0.29) is 0 Å². The summed E-state index contributed by atoms with van der Waals surface area (Å²) < 4.78 is 6.07. The van der Waals surface area contributed by atoms with E-state index in [2.05, 4.69) is 0 Å². The van der Waals surface area contributed by atoms with Gasteiger partial charge in [-0.25, -0.2) is 4.74 Å². The van der Waals surface area contributed by atoms with E-state index >= 15 is 0 Å². The molecule has 0 fully saturated rings.